The van der Waals surface area contributed by atoms with Gasteiger partial charge in [0.25, 0.3) is 0 Å². The number of aromatic nitrogens is 5. The molecule has 0 aliphatic carbocycles. The van der Waals surface area contributed by atoms with Crippen LogP contribution in [-0.2, 0) is 21.1 Å². The molecular weight excluding hydrogens is 1170 g/mol. The van der Waals surface area contributed by atoms with E-state index < -0.39 is 20.6 Å². The number of benzene rings is 10. The van der Waals surface area contributed by atoms with Crippen molar-refractivity contribution in [2.75, 3.05) is 0 Å². The second kappa shape index (κ2) is 23.9. The molecule has 18 rings (SSSR count). The van der Waals surface area contributed by atoms with Crippen molar-refractivity contribution in [3.63, 3.8) is 0 Å². The molecule has 0 unspecified atom stereocenters. The second-order valence-electron chi connectivity index (χ2n) is 24.8. The molecule has 10 aromatic carbocycles. The van der Waals surface area contributed by atoms with Gasteiger partial charge in [-0.25, -0.2) is 13.7 Å². The van der Waals surface area contributed by atoms with Crippen LogP contribution in [0.15, 0.2) is 275 Å². The van der Waals surface area contributed by atoms with Gasteiger partial charge >= 0.3 is 0 Å². The SMILES string of the molecule is Cc1cc2c(cc1-c1cc(-c3ccccc3)cc[n+]1C)oc1c3ccccc3cnc21.[2H]C([2H])([2H])c1c[n+](C)c(-c2cc3oc4c5ccccc5ccc4c3c(C([2H])([2H])[2H])c2C)cc1-c1ccccc1.[2H]C([2H])([2H])c1c[n+](C)c(-c2cc3oc4c5ccccc5cnc4c3cc2C)cc1-c1ccccc1. The number of hydrogen-bond acceptors (Lipinski definition) is 5. The zero-order valence-corrected chi connectivity index (χ0v) is 53.8. The molecule has 0 spiro atoms. The van der Waals surface area contributed by atoms with Gasteiger partial charge in [-0.1, -0.05) is 170 Å². The Balaban J connectivity index is 0.000000122. The highest BCUT2D eigenvalue weighted by Gasteiger charge is 2.25. The van der Waals surface area contributed by atoms with Crippen LogP contribution >= 0.6 is 0 Å². The van der Waals surface area contributed by atoms with E-state index in [9.17, 15) is 0 Å². The Hall–Kier alpha value is -11.9. The maximum absolute atomic E-state index is 8.49. The van der Waals surface area contributed by atoms with Gasteiger partial charge in [-0.2, -0.15) is 0 Å². The average molecular weight is 1250 g/mol. The fraction of sp³-hybridized carbons (Fsp3) is 0.102. The van der Waals surface area contributed by atoms with Crippen molar-refractivity contribution in [1.29, 1.82) is 0 Å². The molecule has 8 heteroatoms. The van der Waals surface area contributed by atoms with Crippen LogP contribution in [0.1, 0.15) is 45.7 Å². The van der Waals surface area contributed by atoms with Crippen molar-refractivity contribution in [2.45, 2.75) is 41.3 Å². The maximum atomic E-state index is 8.49. The molecule has 18 aromatic rings. The molecule has 0 saturated carbocycles. The van der Waals surface area contributed by atoms with Crippen molar-refractivity contribution in [3.8, 4) is 67.2 Å². The van der Waals surface area contributed by atoms with Gasteiger partial charge < -0.3 is 13.3 Å². The van der Waals surface area contributed by atoms with E-state index in [4.69, 9.17) is 30.6 Å². The summed E-state index contributed by atoms with van der Waals surface area (Å²) in [5, 5.41) is 9.56. The lowest BCUT2D eigenvalue weighted by Crippen LogP contribution is -2.31. The van der Waals surface area contributed by atoms with Gasteiger partial charge in [0.1, 0.15) is 54.5 Å². The minimum absolute atomic E-state index is 0.227. The summed E-state index contributed by atoms with van der Waals surface area (Å²) in [4.78, 5) is 9.40. The van der Waals surface area contributed by atoms with Crippen LogP contribution in [-0.4, -0.2) is 9.97 Å². The quantitative estimate of drug-likeness (QED) is 0.155. The fourth-order valence-corrected chi connectivity index (χ4v) is 13.8. The highest BCUT2D eigenvalue weighted by molar-refractivity contribution is 6.17. The normalized spacial score (nSPS) is 13.4. The number of fused-ring (bicyclic) bond motifs is 15. The first-order valence-corrected chi connectivity index (χ1v) is 32.0. The van der Waals surface area contributed by atoms with E-state index in [2.05, 4.69) is 109 Å². The highest BCUT2D eigenvalue weighted by Crippen LogP contribution is 2.42. The minimum atomic E-state index is -2.40. The lowest BCUT2D eigenvalue weighted by Gasteiger charge is -2.12. The summed E-state index contributed by atoms with van der Waals surface area (Å²) in [7, 11) is 5.75. The van der Waals surface area contributed by atoms with Crippen molar-refractivity contribution < 1.29 is 39.3 Å². The van der Waals surface area contributed by atoms with Crippen LogP contribution in [0.5, 0.6) is 0 Å². The zero-order valence-electron chi connectivity index (χ0n) is 62.8. The Kier molecular flexibility index (Phi) is 12.4. The molecule has 0 bridgehead atoms. The number of rotatable bonds is 6. The van der Waals surface area contributed by atoms with E-state index in [0.29, 0.717) is 50.1 Å². The summed E-state index contributed by atoms with van der Waals surface area (Å²) in [5.74, 6) is 0. The van der Waals surface area contributed by atoms with Gasteiger partial charge in [0.15, 0.2) is 29.8 Å². The van der Waals surface area contributed by atoms with Crippen LogP contribution in [0.4, 0.5) is 0 Å². The lowest BCUT2D eigenvalue weighted by atomic mass is 9.93. The Morgan fingerprint density at radius 2 is 0.771 bits per heavy atom. The molecule has 96 heavy (non-hydrogen) atoms. The van der Waals surface area contributed by atoms with E-state index in [-0.39, 0.29) is 11.1 Å². The topological polar surface area (TPSA) is 76.8 Å². The van der Waals surface area contributed by atoms with Crippen LogP contribution < -0.4 is 13.7 Å². The Morgan fingerprint density at radius 1 is 0.323 bits per heavy atom. The zero-order chi connectivity index (χ0) is 73.0. The summed E-state index contributed by atoms with van der Waals surface area (Å²) in [6.07, 6.45) is 9.28. The molecule has 0 atom stereocenters. The number of pyridine rings is 5. The Labute approximate surface area is 569 Å². The third-order valence-corrected chi connectivity index (χ3v) is 18.8. The van der Waals surface area contributed by atoms with Crippen molar-refractivity contribution in [1.82, 2.24) is 9.97 Å². The van der Waals surface area contributed by atoms with Crippen LogP contribution in [0.2, 0.25) is 0 Å². The Morgan fingerprint density at radius 3 is 1.29 bits per heavy atom. The van der Waals surface area contributed by atoms with Gasteiger partial charge in [-0.05, 0) is 139 Å². The molecule has 8 heterocycles. The summed E-state index contributed by atoms with van der Waals surface area (Å²) in [6, 6.07) is 76.2. The van der Waals surface area contributed by atoms with E-state index in [1.807, 2.05) is 189 Å². The van der Waals surface area contributed by atoms with E-state index in [1.165, 1.54) is 16.7 Å². The molecule has 0 amide bonds. The number of nitrogens with zero attached hydrogens (tertiary/aromatic N) is 5. The fourth-order valence-electron chi connectivity index (χ4n) is 13.8. The molecule has 462 valence electrons. The molecule has 0 aliphatic rings. The average Bonchev–Trinajstić information content (AvgIpc) is 1.52. The summed E-state index contributed by atoms with van der Waals surface area (Å²) >= 11 is 0. The van der Waals surface area contributed by atoms with Gasteiger partial charge in [0, 0.05) is 109 Å². The van der Waals surface area contributed by atoms with Gasteiger partial charge in [-0.3, -0.25) is 9.97 Å². The first-order chi connectivity index (χ1) is 50.4. The minimum Gasteiger partial charge on any atom is -0.455 e. The van der Waals surface area contributed by atoms with Gasteiger partial charge in [0.2, 0.25) is 17.1 Å². The van der Waals surface area contributed by atoms with E-state index in [0.717, 1.165) is 121 Å². The predicted molar refractivity (Wildman–Crippen MR) is 394 cm³/mol. The van der Waals surface area contributed by atoms with Crippen molar-refractivity contribution in [2.24, 2.45) is 21.1 Å². The van der Waals surface area contributed by atoms with Crippen LogP contribution in [0.25, 0.3) is 166 Å². The molecule has 8 nitrogen and oxygen atoms in total. The second-order valence-corrected chi connectivity index (χ2v) is 24.8. The molecule has 0 aliphatic heterocycles. The number of hydrogen-bond donors (Lipinski definition) is 0. The first-order valence-electron chi connectivity index (χ1n) is 36.5. The molecule has 0 N–H and O–H groups in total. The molecule has 0 saturated heterocycles. The molecular formula is C88H70N5O3+3. The van der Waals surface area contributed by atoms with Crippen molar-refractivity contribution >= 4 is 98.4 Å². The summed E-state index contributed by atoms with van der Waals surface area (Å²) in [6.45, 7) is -0.926. The largest absolute Gasteiger partial charge is 0.455 e. The smallest absolute Gasteiger partial charge is 0.213 e. The number of furan rings is 3. The molecule has 0 fully saturated rings. The third-order valence-electron chi connectivity index (χ3n) is 18.8. The highest BCUT2D eigenvalue weighted by atomic mass is 16.3. The monoisotopic (exact) mass is 1250 g/mol. The Bertz CT molecular complexity index is 6500. The molecule has 8 aromatic heterocycles. The third kappa shape index (κ3) is 10.3. The van der Waals surface area contributed by atoms with Crippen LogP contribution in [0, 0.1) is 41.3 Å². The van der Waals surface area contributed by atoms with Gasteiger partial charge in [0.05, 0.1) is 16.7 Å². The summed E-state index contributed by atoms with van der Waals surface area (Å²) in [5.41, 5.74) is 20.7. The van der Waals surface area contributed by atoms with E-state index >= 15 is 0 Å². The summed E-state index contributed by atoms with van der Waals surface area (Å²) < 4.78 is 99.2. The predicted octanol–water partition coefficient (Wildman–Crippen LogP) is 21.3. The maximum Gasteiger partial charge on any atom is 0.213 e. The van der Waals surface area contributed by atoms with Crippen LogP contribution in [0.3, 0.4) is 0 Å². The standard InChI is InChI=1S/C31H26NO.C29H23N2O.C28H21N2O/c1-19-18-32(4)28(16-26(19)22-10-6-5-7-11-22)27-17-29-30(21(3)20(27)2)25-15-14-23-12-8-9-13-24(23)31(25)33-29;1-18-13-25-27(32-29-22-12-8-7-11-21(22)16-30-28(25)29)15-24(18)26-14-23(19(2)17-31(26)3)20-9-5-4-6-10-20;1-18-14-24-26(31-28-22-11-7-6-10-21(22)17-29-27(24)28)16-23(18)25-15-20(12-13-30(25)2)19-8-4-3-5-9-19/h5-18H,1-4H3;4-17H,1-3H3;3-17H,1-2H3/q3*+1/i1D3,3D3;2D3;. The van der Waals surface area contributed by atoms with Gasteiger partial charge in [-0.15, -0.1) is 0 Å². The lowest BCUT2D eigenvalue weighted by molar-refractivity contribution is -0.660. The molecule has 0 radical (unpaired) electrons. The first kappa shape index (κ1) is 49.7. The van der Waals surface area contributed by atoms with Crippen molar-refractivity contribution in [3.05, 3.63) is 295 Å². The number of aryl methyl sites for hydroxylation is 8. The van der Waals surface area contributed by atoms with E-state index in [1.54, 1.807) is 24.0 Å².